The molecule has 20 atom stereocenters. The molecule has 4 aliphatic heterocycles. The summed E-state index contributed by atoms with van der Waals surface area (Å²) in [5.41, 5.74) is 0. The molecule has 0 bridgehead atoms. The van der Waals surface area contributed by atoms with Crippen LogP contribution >= 0.6 is 0 Å². The Labute approximate surface area is 257 Å². The summed E-state index contributed by atoms with van der Waals surface area (Å²) in [4.78, 5) is 0. The monoisotopic (exact) mass is 662 g/mol. The van der Waals surface area contributed by atoms with Gasteiger partial charge in [0.15, 0.2) is 25.2 Å². The van der Waals surface area contributed by atoms with Gasteiger partial charge < -0.3 is 94.4 Å². The molecule has 0 aromatic carbocycles. The van der Waals surface area contributed by atoms with E-state index in [1.54, 1.807) is 6.92 Å². The van der Waals surface area contributed by atoms with Crippen LogP contribution in [0.15, 0.2) is 0 Å². The first-order valence-corrected chi connectivity index (χ1v) is 14.8. The van der Waals surface area contributed by atoms with Crippen molar-refractivity contribution in [3.8, 4) is 0 Å². The lowest BCUT2D eigenvalue weighted by atomic mass is 9.92. The number of hydrogen-bond donors (Lipinski definition) is 12. The van der Waals surface area contributed by atoms with E-state index in [2.05, 4.69) is 0 Å². The maximum atomic E-state index is 10.6. The quantitative estimate of drug-likeness (QED) is 0.103. The van der Waals surface area contributed by atoms with Crippen molar-refractivity contribution in [3.05, 3.63) is 0 Å². The average molecular weight is 663 g/mol. The first kappa shape index (κ1) is 37.1. The molecule has 0 aliphatic carbocycles. The van der Waals surface area contributed by atoms with Crippen molar-refractivity contribution in [1.82, 2.24) is 0 Å². The van der Waals surface area contributed by atoms with Gasteiger partial charge in [0.25, 0.3) is 0 Å². The van der Waals surface area contributed by atoms with Gasteiger partial charge in [0.1, 0.15) is 79.4 Å². The van der Waals surface area contributed by atoms with Crippen molar-refractivity contribution in [1.29, 1.82) is 0 Å². The van der Waals surface area contributed by atoms with E-state index in [9.17, 15) is 61.3 Å². The fourth-order valence-corrected chi connectivity index (χ4v) is 5.67. The van der Waals surface area contributed by atoms with Gasteiger partial charge in [-0.3, -0.25) is 0 Å². The van der Waals surface area contributed by atoms with Crippen LogP contribution in [-0.4, -0.2) is 198 Å². The predicted molar refractivity (Wildman–Crippen MR) is 140 cm³/mol. The van der Waals surface area contributed by atoms with E-state index in [1.165, 1.54) is 6.92 Å². The zero-order valence-electron chi connectivity index (χ0n) is 24.6. The number of hydrogen-bond acceptors (Lipinski definition) is 19. The summed E-state index contributed by atoms with van der Waals surface area (Å²) in [5, 5.41) is 123. The lowest BCUT2D eigenvalue weighted by Crippen LogP contribution is -2.64. The zero-order valence-corrected chi connectivity index (χ0v) is 24.6. The highest BCUT2D eigenvalue weighted by Gasteiger charge is 2.51. The Kier molecular flexibility index (Phi) is 12.9. The molecule has 19 heteroatoms. The minimum absolute atomic E-state index is 0.278. The van der Waals surface area contributed by atoms with Crippen molar-refractivity contribution >= 4 is 0 Å². The summed E-state index contributed by atoms with van der Waals surface area (Å²) in [6, 6.07) is 0. The van der Waals surface area contributed by atoms with Gasteiger partial charge in [-0.2, -0.15) is 0 Å². The molecule has 19 nitrogen and oxygen atoms in total. The van der Waals surface area contributed by atoms with E-state index in [1.807, 2.05) is 0 Å². The lowest BCUT2D eigenvalue weighted by Gasteiger charge is -2.46. The molecule has 0 aromatic heterocycles. The molecular weight excluding hydrogens is 616 g/mol. The van der Waals surface area contributed by atoms with E-state index in [0.29, 0.717) is 0 Å². The van der Waals surface area contributed by atoms with Gasteiger partial charge in [0.2, 0.25) is 0 Å². The SMILES string of the molecule is CCC1O[C@H](OCC2O[C@H](OCC3O[C@@H](O[C@@H]4C(CO)O[C@@H](O)C(C)[C@@H]4O)C(O)[C@@H](O)[C@@H]3O)C(O)[C@@H](O)[C@@H]2O)C(O)[C@@H](O)[C@@H]1O. The standard InChI is InChI=1S/C26H46O19/c1-3-8-13(29)16(32)19(35)24(42-8)39-5-10-14(30)17(33)20(36)25(43-10)40-6-11-15(31)18(34)21(37)26(44-11)45-22-9(4-27)41-23(38)7(2)12(22)28/h7-38H,3-6H2,1-2H3/t7?,8?,9?,10?,11?,12-,13+,14+,15+,16-,17-,18-,19?,20?,21?,22+,23+,24-,25-,26-/m0/s1. The molecule has 0 saturated carbocycles. The maximum Gasteiger partial charge on any atom is 0.187 e. The summed E-state index contributed by atoms with van der Waals surface area (Å²) < 4.78 is 38.5. The van der Waals surface area contributed by atoms with Crippen LogP contribution in [0.5, 0.6) is 0 Å². The fourth-order valence-electron chi connectivity index (χ4n) is 5.67. The summed E-state index contributed by atoms with van der Waals surface area (Å²) in [7, 11) is 0. The number of ether oxygens (including phenoxy) is 7. The van der Waals surface area contributed by atoms with Crippen molar-refractivity contribution in [2.45, 2.75) is 137 Å². The largest absolute Gasteiger partial charge is 0.394 e. The average Bonchev–Trinajstić information content (AvgIpc) is 3.03. The first-order chi connectivity index (χ1) is 21.2. The van der Waals surface area contributed by atoms with E-state index < -0.39 is 142 Å². The Morgan fingerprint density at radius 2 is 0.911 bits per heavy atom. The minimum atomic E-state index is -1.86. The molecule has 8 unspecified atom stereocenters. The number of rotatable bonds is 10. The fraction of sp³-hybridized carbons (Fsp3) is 1.00. The second-order valence-corrected chi connectivity index (χ2v) is 11.8. The first-order valence-electron chi connectivity index (χ1n) is 14.8. The van der Waals surface area contributed by atoms with Crippen molar-refractivity contribution in [2.75, 3.05) is 19.8 Å². The molecule has 0 spiro atoms. The summed E-state index contributed by atoms with van der Waals surface area (Å²) in [5.74, 6) is -0.866. The van der Waals surface area contributed by atoms with Crippen LogP contribution in [0.4, 0.5) is 0 Å². The summed E-state index contributed by atoms with van der Waals surface area (Å²) in [6.07, 6.45) is -29.1. The van der Waals surface area contributed by atoms with Crippen LogP contribution in [0.1, 0.15) is 20.3 Å². The maximum absolute atomic E-state index is 10.6. The Hall–Kier alpha value is -0.760. The molecule has 4 fully saturated rings. The lowest BCUT2D eigenvalue weighted by molar-refractivity contribution is -0.360. The molecule has 0 amide bonds. The normalized spacial score (nSPS) is 52.9. The Morgan fingerprint density at radius 1 is 0.489 bits per heavy atom. The molecule has 264 valence electrons. The van der Waals surface area contributed by atoms with Gasteiger partial charge in [-0.05, 0) is 6.42 Å². The summed E-state index contributed by atoms with van der Waals surface area (Å²) in [6.45, 7) is 1.26. The minimum Gasteiger partial charge on any atom is -0.394 e. The molecule has 0 radical (unpaired) electrons. The van der Waals surface area contributed by atoms with Crippen molar-refractivity contribution in [2.24, 2.45) is 5.92 Å². The molecule has 0 aromatic rings. The molecule has 12 N–H and O–H groups in total. The van der Waals surface area contributed by atoms with Gasteiger partial charge >= 0.3 is 0 Å². The molecule has 4 aliphatic rings. The number of aliphatic hydroxyl groups is 12. The van der Waals surface area contributed by atoms with E-state index in [0.717, 1.165) is 0 Å². The van der Waals surface area contributed by atoms with Gasteiger partial charge in [-0.1, -0.05) is 13.8 Å². The van der Waals surface area contributed by atoms with Crippen LogP contribution in [0.3, 0.4) is 0 Å². The van der Waals surface area contributed by atoms with Crippen LogP contribution < -0.4 is 0 Å². The molecule has 4 saturated heterocycles. The topological polar surface area (TPSA) is 307 Å². The zero-order chi connectivity index (χ0) is 33.3. The van der Waals surface area contributed by atoms with Crippen molar-refractivity contribution in [3.63, 3.8) is 0 Å². The third-order valence-corrected chi connectivity index (χ3v) is 8.73. The highest BCUT2D eigenvalue weighted by atomic mass is 16.8. The van der Waals surface area contributed by atoms with Gasteiger partial charge in [-0.15, -0.1) is 0 Å². The molecular formula is C26H46O19. The van der Waals surface area contributed by atoms with Gasteiger partial charge in [0, 0.05) is 5.92 Å². The highest BCUT2D eigenvalue weighted by molar-refractivity contribution is 4.95. The summed E-state index contributed by atoms with van der Waals surface area (Å²) >= 11 is 0. The Morgan fingerprint density at radius 3 is 1.38 bits per heavy atom. The van der Waals surface area contributed by atoms with Crippen LogP contribution in [0.2, 0.25) is 0 Å². The van der Waals surface area contributed by atoms with E-state index in [4.69, 9.17) is 33.2 Å². The molecule has 4 rings (SSSR count). The molecule has 4 heterocycles. The Bertz CT molecular complexity index is 913. The second kappa shape index (κ2) is 15.6. The highest BCUT2D eigenvalue weighted by Crippen LogP contribution is 2.32. The third kappa shape index (κ3) is 7.78. The van der Waals surface area contributed by atoms with Crippen LogP contribution in [0.25, 0.3) is 0 Å². The van der Waals surface area contributed by atoms with E-state index in [-0.39, 0.29) is 6.42 Å². The van der Waals surface area contributed by atoms with Gasteiger partial charge in [0.05, 0.1) is 32.0 Å². The third-order valence-electron chi connectivity index (χ3n) is 8.73. The smallest absolute Gasteiger partial charge is 0.187 e. The molecule has 45 heavy (non-hydrogen) atoms. The van der Waals surface area contributed by atoms with Crippen LogP contribution in [-0.2, 0) is 33.2 Å². The second-order valence-electron chi connectivity index (χ2n) is 11.8. The van der Waals surface area contributed by atoms with E-state index >= 15 is 0 Å². The van der Waals surface area contributed by atoms with Crippen LogP contribution in [0, 0.1) is 5.92 Å². The van der Waals surface area contributed by atoms with Gasteiger partial charge in [-0.25, -0.2) is 0 Å². The predicted octanol–water partition coefficient (Wildman–Crippen LogP) is -7.06. The Balaban J connectivity index is 1.37. The van der Waals surface area contributed by atoms with Crippen molar-refractivity contribution < 1.29 is 94.4 Å². The number of aliphatic hydroxyl groups excluding tert-OH is 12.